The second kappa shape index (κ2) is 8.67. The second-order valence-corrected chi connectivity index (χ2v) is 9.33. The number of benzene rings is 2. The van der Waals surface area contributed by atoms with Gasteiger partial charge >= 0.3 is 0 Å². The second-order valence-electron chi connectivity index (χ2n) is 7.09. The molecule has 5 aromatic rings. The quantitative estimate of drug-likeness (QED) is 0.295. The molecule has 7 heteroatoms. The van der Waals surface area contributed by atoms with Gasteiger partial charge in [-0.3, -0.25) is 10.1 Å². The van der Waals surface area contributed by atoms with Crippen LogP contribution in [0.15, 0.2) is 77.5 Å². The normalized spacial score (nSPS) is 11.1. The Morgan fingerprint density at radius 3 is 2.65 bits per heavy atom. The zero-order valence-corrected chi connectivity index (χ0v) is 18.8. The number of thiophene rings is 1. The first kappa shape index (κ1) is 20.0. The molecular formula is C24H18ClN3OS2. The minimum atomic E-state index is -0.145. The van der Waals surface area contributed by atoms with Gasteiger partial charge in [0.15, 0.2) is 5.13 Å². The van der Waals surface area contributed by atoms with E-state index in [1.165, 1.54) is 16.9 Å². The molecule has 1 amide bonds. The van der Waals surface area contributed by atoms with E-state index in [0.29, 0.717) is 15.8 Å². The highest BCUT2D eigenvalue weighted by Crippen LogP contribution is 2.29. The van der Waals surface area contributed by atoms with Crippen LogP contribution in [0.5, 0.6) is 0 Å². The average molecular weight is 464 g/mol. The number of halogens is 1. The van der Waals surface area contributed by atoms with Gasteiger partial charge in [-0.15, -0.1) is 22.7 Å². The molecule has 0 aliphatic heterocycles. The highest BCUT2D eigenvalue weighted by molar-refractivity contribution is 7.17. The van der Waals surface area contributed by atoms with Gasteiger partial charge in [0.1, 0.15) is 5.69 Å². The van der Waals surface area contributed by atoms with Crippen LogP contribution >= 0.6 is 34.3 Å². The molecule has 0 spiro atoms. The molecule has 0 atom stereocenters. The van der Waals surface area contributed by atoms with Crippen molar-refractivity contribution in [3.63, 3.8) is 0 Å². The fourth-order valence-corrected chi connectivity index (χ4v) is 5.20. The van der Waals surface area contributed by atoms with Gasteiger partial charge in [-0.05, 0) is 41.6 Å². The summed E-state index contributed by atoms with van der Waals surface area (Å²) < 4.78 is 3.21. The molecule has 0 aliphatic rings. The lowest BCUT2D eigenvalue weighted by Crippen LogP contribution is -2.17. The zero-order valence-electron chi connectivity index (χ0n) is 16.4. The lowest BCUT2D eigenvalue weighted by molar-refractivity contribution is 0.101. The van der Waals surface area contributed by atoms with E-state index in [1.807, 2.05) is 53.9 Å². The summed E-state index contributed by atoms with van der Waals surface area (Å²) in [5.74, 6) is -0.145. The first-order valence-corrected chi connectivity index (χ1v) is 11.9. The predicted molar refractivity (Wildman–Crippen MR) is 130 cm³/mol. The Bertz CT molecular complexity index is 1340. The number of aromatic nitrogens is 2. The molecule has 0 saturated carbocycles. The highest BCUT2D eigenvalue weighted by Gasteiger charge is 2.18. The van der Waals surface area contributed by atoms with Crippen molar-refractivity contribution < 1.29 is 4.79 Å². The standard InChI is InChI=1S/C24H18ClN3OS2/c25-18-8-6-17(7-9-18)19-15-31-24(26-19)27-23(29)21-14-22-20(11-13-30-22)28(21)12-10-16-4-2-1-3-5-16/h1-9,11,13-15H,10,12H2,(H,26,27,29). The summed E-state index contributed by atoms with van der Waals surface area (Å²) in [6, 6.07) is 21.9. The van der Waals surface area contributed by atoms with Crippen LogP contribution in [0.3, 0.4) is 0 Å². The fourth-order valence-electron chi connectivity index (χ4n) is 3.54. The van der Waals surface area contributed by atoms with Gasteiger partial charge in [0.05, 0.1) is 15.9 Å². The molecule has 31 heavy (non-hydrogen) atoms. The van der Waals surface area contributed by atoms with Crippen LogP contribution in [0, 0.1) is 0 Å². The minimum Gasteiger partial charge on any atom is -0.335 e. The third-order valence-corrected chi connectivity index (χ3v) is 6.95. The maximum Gasteiger partial charge on any atom is 0.274 e. The van der Waals surface area contributed by atoms with E-state index in [1.54, 1.807) is 11.3 Å². The molecular weight excluding hydrogens is 446 g/mol. The Hall–Kier alpha value is -2.93. The van der Waals surface area contributed by atoms with Crippen molar-refractivity contribution >= 4 is 55.5 Å². The maximum atomic E-state index is 13.1. The van der Waals surface area contributed by atoms with Crippen molar-refractivity contribution in [1.82, 2.24) is 9.55 Å². The first-order chi connectivity index (χ1) is 15.2. The third-order valence-electron chi connectivity index (χ3n) is 5.09. The molecule has 0 saturated heterocycles. The van der Waals surface area contributed by atoms with Gasteiger partial charge in [-0.25, -0.2) is 4.98 Å². The maximum absolute atomic E-state index is 13.1. The number of hydrogen-bond donors (Lipinski definition) is 1. The molecule has 3 heterocycles. The van der Waals surface area contributed by atoms with Gasteiger partial charge in [-0.1, -0.05) is 54.1 Å². The molecule has 154 valence electrons. The van der Waals surface area contributed by atoms with Crippen LogP contribution in [-0.4, -0.2) is 15.5 Å². The van der Waals surface area contributed by atoms with Crippen LogP contribution in [0.1, 0.15) is 16.1 Å². The summed E-state index contributed by atoms with van der Waals surface area (Å²) in [6.45, 7) is 0.737. The molecule has 0 aliphatic carbocycles. The van der Waals surface area contributed by atoms with Crippen LogP contribution in [0.4, 0.5) is 5.13 Å². The van der Waals surface area contributed by atoms with Crippen molar-refractivity contribution in [2.45, 2.75) is 13.0 Å². The summed E-state index contributed by atoms with van der Waals surface area (Å²) in [4.78, 5) is 17.7. The zero-order chi connectivity index (χ0) is 21.2. The Morgan fingerprint density at radius 1 is 1.03 bits per heavy atom. The fraction of sp³-hybridized carbons (Fsp3) is 0.0833. The van der Waals surface area contributed by atoms with Gasteiger partial charge in [0.25, 0.3) is 5.91 Å². The Balaban J connectivity index is 1.37. The Morgan fingerprint density at radius 2 is 1.84 bits per heavy atom. The number of rotatable bonds is 6. The first-order valence-electron chi connectivity index (χ1n) is 9.81. The van der Waals surface area contributed by atoms with E-state index in [0.717, 1.165) is 34.4 Å². The minimum absolute atomic E-state index is 0.145. The Kier molecular flexibility index (Phi) is 5.59. The van der Waals surface area contributed by atoms with Crippen molar-refractivity contribution in [3.8, 4) is 11.3 Å². The lowest BCUT2D eigenvalue weighted by Gasteiger charge is -2.10. The Labute approximate surface area is 192 Å². The summed E-state index contributed by atoms with van der Waals surface area (Å²) in [5.41, 5.74) is 4.77. The molecule has 0 bridgehead atoms. The van der Waals surface area contributed by atoms with Gasteiger partial charge < -0.3 is 4.57 Å². The van der Waals surface area contributed by atoms with Crippen LogP contribution < -0.4 is 5.32 Å². The van der Waals surface area contributed by atoms with E-state index in [4.69, 9.17) is 11.6 Å². The molecule has 4 nitrogen and oxygen atoms in total. The molecule has 0 unspecified atom stereocenters. The number of nitrogens with zero attached hydrogens (tertiary/aromatic N) is 2. The average Bonchev–Trinajstić information content (AvgIpc) is 3.50. The van der Waals surface area contributed by atoms with Crippen molar-refractivity contribution in [2.75, 3.05) is 5.32 Å². The summed E-state index contributed by atoms with van der Waals surface area (Å²) in [6.07, 6.45) is 0.860. The number of thiazole rings is 1. The number of anilines is 1. The van der Waals surface area contributed by atoms with Crippen LogP contribution in [0.2, 0.25) is 5.02 Å². The predicted octanol–water partition coefficient (Wildman–Crippen LogP) is 6.97. The summed E-state index contributed by atoms with van der Waals surface area (Å²) in [5, 5.41) is 8.23. The topological polar surface area (TPSA) is 46.9 Å². The lowest BCUT2D eigenvalue weighted by atomic mass is 10.1. The van der Waals surface area contributed by atoms with Crippen LogP contribution in [-0.2, 0) is 13.0 Å². The van der Waals surface area contributed by atoms with Gasteiger partial charge in [0, 0.05) is 22.5 Å². The SMILES string of the molecule is O=C(Nc1nc(-c2ccc(Cl)cc2)cs1)c1cc2sccc2n1CCc1ccccc1. The van der Waals surface area contributed by atoms with E-state index in [9.17, 15) is 4.79 Å². The summed E-state index contributed by atoms with van der Waals surface area (Å²) >= 11 is 9.03. The molecule has 1 N–H and O–H groups in total. The van der Waals surface area contributed by atoms with Gasteiger partial charge in [-0.2, -0.15) is 0 Å². The number of carbonyl (C=O) groups is 1. The van der Waals surface area contributed by atoms with E-state index in [2.05, 4.69) is 38.4 Å². The number of fused-ring (bicyclic) bond motifs is 1. The number of nitrogens with one attached hydrogen (secondary N) is 1. The third kappa shape index (κ3) is 4.28. The molecule has 2 aromatic carbocycles. The largest absolute Gasteiger partial charge is 0.335 e. The molecule has 0 radical (unpaired) electrons. The number of aryl methyl sites for hydroxylation is 2. The molecule has 5 rings (SSSR count). The molecule has 0 fully saturated rings. The number of carbonyl (C=O) groups excluding carboxylic acids is 1. The van der Waals surface area contributed by atoms with Crippen LogP contribution in [0.25, 0.3) is 21.5 Å². The van der Waals surface area contributed by atoms with Crippen molar-refractivity contribution in [2.24, 2.45) is 0 Å². The summed E-state index contributed by atoms with van der Waals surface area (Å²) in [7, 11) is 0. The van der Waals surface area contributed by atoms with E-state index >= 15 is 0 Å². The van der Waals surface area contributed by atoms with E-state index < -0.39 is 0 Å². The number of hydrogen-bond acceptors (Lipinski definition) is 4. The van der Waals surface area contributed by atoms with Gasteiger partial charge in [0.2, 0.25) is 0 Å². The molecule has 3 aromatic heterocycles. The van der Waals surface area contributed by atoms with Crippen molar-refractivity contribution in [3.05, 3.63) is 93.8 Å². The number of amides is 1. The highest BCUT2D eigenvalue weighted by atomic mass is 35.5. The smallest absolute Gasteiger partial charge is 0.274 e. The monoisotopic (exact) mass is 463 g/mol. The van der Waals surface area contributed by atoms with Crippen molar-refractivity contribution in [1.29, 1.82) is 0 Å². The van der Waals surface area contributed by atoms with E-state index in [-0.39, 0.29) is 5.91 Å².